The van der Waals surface area contributed by atoms with Gasteiger partial charge in [0, 0.05) is 11.8 Å². The van der Waals surface area contributed by atoms with Crippen LogP contribution in [-0.4, -0.2) is 28.6 Å². The molecule has 114 valence electrons. The molecule has 1 saturated heterocycles. The van der Waals surface area contributed by atoms with Crippen molar-refractivity contribution < 1.29 is 18.3 Å². The molecule has 0 radical (unpaired) electrons. The van der Waals surface area contributed by atoms with Crippen LogP contribution in [0.3, 0.4) is 0 Å². The molecule has 1 atom stereocenters. The highest BCUT2D eigenvalue weighted by Crippen LogP contribution is 2.21. The summed E-state index contributed by atoms with van der Waals surface area (Å²) >= 11 is 0. The minimum absolute atomic E-state index is 0.117. The summed E-state index contributed by atoms with van der Waals surface area (Å²) in [6.07, 6.45) is 1.11. The molecule has 1 amide bonds. The van der Waals surface area contributed by atoms with E-state index in [-0.39, 0.29) is 12.2 Å². The molecule has 0 saturated carbocycles. The lowest BCUT2D eigenvalue weighted by atomic mass is 10.1. The van der Waals surface area contributed by atoms with E-state index in [9.17, 15) is 13.6 Å². The van der Waals surface area contributed by atoms with Crippen LogP contribution in [0.15, 0.2) is 36.5 Å². The van der Waals surface area contributed by atoms with Crippen molar-refractivity contribution >= 4 is 6.09 Å². The van der Waals surface area contributed by atoms with Crippen molar-refractivity contribution in [3.05, 3.63) is 53.9 Å². The Morgan fingerprint density at radius 2 is 2.00 bits per heavy atom. The van der Waals surface area contributed by atoms with Crippen molar-refractivity contribution in [3.63, 3.8) is 0 Å². The van der Waals surface area contributed by atoms with E-state index in [4.69, 9.17) is 4.74 Å². The molecule has 1 fully saturated rings. The molecule has 0 bridgehead atoms. The third-order valence-electron chi connectivity index (χ3n) is 3.47. The maximum absolute atomic E-state index is 13.2. The Kier molecular flexibility index (Phi) is 3.75. The molecule has 3 rings (SSSR count). The van der Waals surface area contributed by atoms with Crippen LogP contribution in [0.4, 0.5) is 13.6 Å². The average molecular weight is 304 g/mol. The van der Waals surface area contributed by atoms with Gasteiger partial charge in [0.25, 0.3) is 0 Å². The summed E-state index contributed by atoms with van der Waals surface area (Å²) in [4.78, 5) is 17.4. The Morgan fingerprint density at radius 3 is 2.59 bits per heavy atom. The number of pyridine rings is 1. The van der Waals surface area contributed by atoms with E-state index in [2.05, 4.69) is 4.98 Å². The number of nitrogens with zero attached hydrogens (tertiary/aromatic N) is 2. The van der Waals surface area contributed by atoms with Crippen molar-refractivity contribution in [2.24, 2.45) is 0 Å². The Labute approximate surface area is 126 Å². The zero-order valence-corrected chi connectivity index (χ0v) is 11.9. The standard InChI is InChI=1S/C16H14F2N2O2/c1-10-8-20(16(21)22-10)9-13-4-2-12(7-19-13)11-3-5-14(17)15(18)6-11/h2-7,10H,8-9H2,1H3/t10-/m1/s1. The molecule has 1 aliphatic heterocycles. The molecular weight excluding hydrogens is 290 g/mol. The second-order valence-electron chi connectivity index (χ2n) is 5.24. The van der Waals surface area contributed by atoms with Crippen molar-refractivity contribution in [1.29, 1.82) is 0 Å². The minimum Gasteiger partial charge on any atom is -0.444 e. The fraction of sp³-hybridized carbons (Fsp3) is 0.250. The van der Waals surface area contributed by atoms with E-state index in [0.29, 0.717) is 29.9 Å². The number of carbonyl (C=O) groups is 1. The van der Waals surface area contributed by atoms with Crippen LogP contribution in [0.25, 0.3) is 11.1 Å². The molecular formula is C16H14F2N2O2. The normalized spacial score (nSPS) is 17.7. The van der Waals surface area contributed by atoms with E-state index in [1.165, 1.54) is 6.07 Å². The Morgan fingerprint density at radius 1 is 1.23 bits per heavy atom. The van der Waals surface area contributed by atoms with Crippen molar-refractivity contribution in [2.75, 3.05) is 6.54 Å². The van der Waals surface area contributed by atoms with Gasteiger partial charge in [0.15, 0.2) is 11.6 Å². The maximum atomic E-state index is 13.2. The minimum atomic E-state index is -0.893. The lowest BCUT2D eigenvalue weighted by molar-refractivity contribution is 0.137. The van der Waals surface area contributed by atoms with Gasteiger partial charge in [-0.15, -0.1) is 0 Å². The van der Waals surface area contributed by atoms with Gasteiger partial charge in [0.2, 0.25) is 0 Å². The molecule has 2 aromatic rings. The number of benzene rings is 1. The smallest absolute Gasteiger partial charge is 0.410 e. The Balaban J connectivity index is 1.75. The van der Waals surface area contributed by atoms with Gasteiger partial charge < -0.3 is 4.74 Å². The molecule has 1 aliphatic rings. The number of aromatic nitrogens is 1. The third-order valence-corrected chi connectivity index (χ3v) is 3.47. The van der Waals surface area contributed by atoms with Gasteiger partial charge in [-0.2, -0.15) is 0 Å². The lowest BCUT2D eigenvalue weighted by Gasteiger charge is -2.12. The number of hydrogen-bond donors (Lipinski definition) is 0. The number of rotatable bonds is 3. The van der Waals surface area contributed by atoms with Crippen LogP contribution < -0.4 is 0 Å². The van der Waals surface area contributed by atoms with Crippen LogP contribution in [-0.2, 0) is 11.3 Å². The SMILES string of the molecule is C[C@@H]1CN(Cc2ccc(-c3ccc(F)c(F)c3)cn2)C(=O)O1. The van der Waals surface area contributed by atoms with Gasteiger partial charge in [-0.25, -0.2) is 13.6 Å². The second-order valence-corrected chi connectivity index (χ2v) is 5.24. The number of ether oxygens (including phenoxy) is 1. The van der Waals surface area contributed by atoms with Crippen LogP contribution in [0.5, 0.6) is 0 Å². The lowest BCUT2D eigenvalue weighted by Crippen LogP contribution is -2.24. The largest absolute Gasteiger partial charge is 0.444 e. The first kappa shape index (κ1) is 14.4. The highest BCUT2D eigenvalue weighted by Gasteiger charge is 2.28. The fourth-order valence-electron chi connectivity index (χ4n) is 2.36. The zero-order valence-electron chi connectivity index (χ0n) is 11.9. The first-order chi connectivity index (χ1) is 10.5. The number of halogens is 2. The number of carbonyl (C=O) groups excluding carboxylic acids is 1. The van der Waals surface area contributed by atoms with Crippen LogP contribution in [0.1, 0.15) is 12.6 Å². The first-order valence-electron chi connectivity index (χ1n) is 6.89. The Bertz CT molecular complexity index is 704. The van der Waals surface area contributed by atoms with Gasteiger partial charge in [0.05, 0.1) is 18.8 Å². The summed E-state index contributed by atoms with van der Waals surface area (Å²) in [6.45, 7) is 2.73. The van der Waals surface area contributed by atoms with Gasteiger partial charge in [0.1, 0.15) is 6.10 Å². The predicted molar refractivity (Wildman–Crippen MR) is 75.9 cm³/mol. The summed E-state index contributed by atoms with van der Waals surface area (Å²) in [5, 5.41) is 0. The van der Waals surface area contributed by atoms with Crippen molar-refractivity contribution in [2.45, 2.75) is 19.6 Å². The van der Waals surface area contributed by atoms with Crippen LogP contribution >= 0.6 is 0 Å². The van der Waals surface area contributed by atoms with Crippen molar-refractivity contribution in [1.82, 2.24) is 9.88 Å². The summed E-state index contributed by atoms with van der Waals surface area (Å²) in [5.74, 6) is -1.77. The number of cyclic esters (lactones) is 1. The molecule has 1 aromatic heterocycles. The number of amides is 1. The van der Waals surface area contributed by atoms with Crippen LogP contribution in [0.2, 0.25) is 0 Å². The highest BCUT2D eigenvalue weighted by molar-refractivity contribution is 5.69. The third kappa shape index (κ3) is 2.90. The average Bonchev–Trinajstić information content (AvgIpc) is 2.81. The van der Waals surface area contributed by atoms with E-state index in [1.54, 1.807) is 23.2 Å². The second kappa shape index (κ2) is 5.71. The van der Waals surface area contributed by atoms with E-state index in [0.717, 1.165) is 12.1 Å². The monoisotopic (exact) mass is 304 g/mol. The quantitative estimate of drug-likeness (QED) is 0.873. The molecule has 2 heterocycles. The summed E-state index contributed by atoms with van der Waals surface area (Å²) < 4.78 is 31.2. The van der Waals surface area contributed by atoms with Gasteiger partial charge in [-0.1, -0.05) is 12.1 Å². The van der Waals surface area contributed by atoms with Crippen LogP contribution in [0, 0.1) is 11.6 Å². The van der Waals surface area contributed by atoms with Gasteiger partial charge >= 0.3 is 6.09 Å². The summed E-state index contributed by atoms with van der Waals surface area (Å²) in [6, 6.07) is 7.23. The highest BCUT2D eigenvalue weighted by atomic mass is 19.2. The molecule has 0 aliphatic carbocycles. The van der Waals surface area contributed by atoms with E-state index in [1.807, 2.05) is 6.92 Å². The molecule has 1 aromatic carbocycles. The molecule has 0 N–H and O–H groups in total. The fourth-order valence-corrected chi connectivity index (χ4v) is 2.36. The molecule has 22 heavy (non-hydrogen) atoms. The molecule has 0 spiro atoms. The Hall–Kier alpha value is -2.50. The van der Waals surface area contributed by atoms with E-state index >= 15 is 0 Å². The van der Waals surface area contributed by atoms with Crippen molar-refractivity contribution in [3.8, 4) is 11.1 Å². The van der Waals surface area contributed by atoms with Gasteiger partial charge in [-0.05, 0) is 30.7 Å². The summed E-state index contributed by atoms with van der Waals surface area (Å²) in [5.41, 5.74) is 1.93. The summed E-state index contributed by atoms with van der Waals surface area (Å²) in [7, 11) is 0. The zero-order chi connectivity index (χ0) is 15.7. The molecule has 4 nitrogen and oxygen atoms in total. The molecule has 0 unspecified atom stereocenters. The molecule has 6 heteroatoms. The topological polar surface area (TPSA) is 42.4 Å². The maximum Gasteiger partial charge on any atom is 0.410 e. The number of hydrogen-bond acceptors (Lipinski definition) is 3. The van der Waals surface area contributed by atoms with E-state index < -0.39 is 11.6 Å². The first-order valence-corrected chi connectivity index (χ1v) is 6.89. The van der Waals surface area contributed by atoms with Gasteiger partial charge in [-0.3, -0.25) is 9.88 Å². The predicted octanol–water partition coefficient (Wildman–Crippen LogP) is 3.37.